The minimum atomic E-state index is -0.340. The number of hydrogen-bond donors (Lipinski definition) is 0. The number of nitriles is 1. The maximum Gasteiger partial charge on any atom is 0.229 e. The monoisotopic (exact) mass is 395 g/mol. The minimum Gasteiger partial charge on any atom is -0.496 e. The van der Waals surface area contributed by atoms with Crippen molar-refractivity contribution in [3.8, 4) is 11.8 Å². The molecule has 1 atom stereocenters. The molecule has 4 rings (SSSR count). The van der Waals surface area contributed by atoms with Crippen LogP contribution in [0, 0.1) is 17.1 Å². The summed E-state index contributed by atoms with van der Waals surface area (Å²) in [5, 5.41) is 10.5. The van der Waals surface area contributed by atoms with Crippen LogP contribution in [0.15, 0.2) is 59.1 Å². The molecule has 1 amide bonds. The first-order valence-electron chi connectivity index (χ1n) is 8.84. The number of nitrogens with zero attached hydrogens (tertiary/aromatic N) is 3. The summed E-state index contributed by atoms with van der Waals surface area (Å²) < 4.78 is 19.6. The number of ether oxygens (including phenoxy) is 1. The van der Waals surface area contributed by atoms with E-state index in [0.717, 1.165) is 5.56 Å². The Balaban J connectivity index is 1.71. The fourth-order valence-corrected chi connectivity index (χ4v) is 4.80. The van der Waals surface area contributed by atoms with Crippen molar-refractivity contribution in [3.63, 3.8) is 0 Å². The van der Waals surface area contributed by atoms with E-state index in [1.54, 1.807) is 35.1 Å². The summed E-state index contributed by atoms with van der Waals surface area (Å²) in [4.78, 5) is 16.3. The number of benzene rings is 2. The zero-order chi connectivity index (χ0) is 19.7. The molecule has 1 fully saturated rings. The van der Waals surface area contributed by atoms with E-state index in [2.05, 4.69) is 6.07 Å². The molecule has 2 aliphatic heterocycles. The van der Waals surface area contributed by atoms with E-state index in [1.165, 1.54) is 17.8 Å². The number of allylic oxidation sites excluding steroid dienone is 1. The number of carbonyl (C=O) groups excluding carboxylic acids is 1. The number of thioether (sulfide) groups is 1. The lowest BCUT2D eigenvalue weighted by molar-refractivity contribution is -0.129. The van der Waals surface area contributed by atoms with Gasteiger partial charge < -0.3 is 9.64 Å². The molecular formula is C21H18FN3O2S. The average Bonchev–Trinajstić information content (AvgIpc) is 2.74. The summed E-state index contributed by atoms with van der Waals surface area (Å²) in [6.45, 7) is 0.228. The summed E-state index contributed by atoms with van der Waals surface area (Å²) in [5.74, 6) is 0.373. The zero-order valence-electron chi connectivity index (χ0n) is 15.3. The van der Waals surface area contributed by atoms with Gasteiger partial charge in [-0.3, -0.25) is 9.69 Å². The van der Waals surface area contributed by atoms with Gasteiger partial charge in [0.25, 0.3) is 0 Å². The van der Waals surface area contributed by atoms with Crippen LogP contribution >= 0.6 is 11.8 Å². The Morgan fingerprint density at radius 2 is 1.96 bits per heavy atom. The number of fused-ring (bicyclic) bond motifs is 1. The Kier molecular flexibility index (Phi) is 4.97. The predicted octanol–water partition coefficient (Wildman–Crippen LogP) is 4.05. The van der Waals surface area contributed by atoms with Crippen LogP contribution in [0.25, 0.3) is 0 Å². The van der Waals surface area contributed by atoms with E-state index in [1.807, 2.05) is 24.3 Å². The molecule has 2 aromatic rings. The highest BCUT2D eigenvalue weighted by Gasteiger charge is 2.39. The predicted molar refractivity (Wildman–Crippen MR) is 106 cm³/mol. The first-order chi connectivity index (χ1) is 13.6. The molecule has 5 nitrogen and oxygen atoms in total. The summed E-state index contributed by atoms with van der Waals surface area (Å²) in [5.41, 5.74) is 1.84. The highest BCUT2D eigenvalue weighted by atomic mass is 32.2. The maximum absolute atomic E-state index is 14.2. The summed E-state index contributed by atoms with van der Waals surface area (Å²) >= 11 is 1.39. The number of methoxy groups -OCH3 is 1. The second-order valence-corrected chi connectivity index (χ2v) is 7.49. The molecule has 7 heteroatoms. The molecule has 0 saturated carbocycles. The van der Waals surface area contributed by atoms with Crippen molar-refractivity contribution in [2.75, 3.05) is 24.6 Å². The van der Waals surface area contributed by atoms with E-state index < -0.39 is 0 Å². The zero-order valence-corrected chi connectivity index (χ0v) is 16.1. The van der Waals surface area contributed by atoms with Gasteiger partial charge in [0.1, 0.15) is 11.6 Å². The van der Waals surface area contributed by atoms with Gasteiger partial charge in [0.05, 0.1) is 42.0 Å². The third kappa shape index (κ3) is 3.10. The molecule has 0 spiro atoms. The molecule has 0 aromatic heterocycles. The average molecular weight is 395 g/mol. The van der Waals surface area contributed by atoms with Crippen molar-refractivity contribution in [2.45, 2.75) is 12.3 Å². The van der Waals surface area contributed by atoms with Crippen LogP contribution in [0.3, 0.4) is 0 Å². The SMILES string of the molecule is COc1ccccc1[C@H]1CC(=O)N2CN(c3ccccc3F)CSC2=C1C#N. The fraction of sp³-hybridized carbons (Fsp3) is 0.238. The van der Waals surface area contributed by atoms with Crippen molar-refractivity contribution < 1.29 is 13.9 Å². The Morgan fingerprint density at radius 3 is 2.71 bits per heavy atom. The van der Waals surface area contributed by atoms with Gasteiger partial charge in [-0.25, -0.2) is 4.39 Å². The van der Waals surface area contributed by atoms with Gasteiger partial charge in [-0.1, -0.05) is 42.1 Å². The molecule has 0 radical (unpaired) electrons. The third-order valence-electron chi connectivity index (χ3n) is 5.00. The summed E-state index contributed by atoms with van der Waals surface area (Å²) in [6.07, 6.45) is 0.179. The molecule has 2 aliphatic rings. The third-order valence-corrected chi connectivity index (χ3v) is 6.16. The number of carbonyl (C=O) groups is 1. The Bertz CT molecular complexity index is 1000. The highest BCUT2D eigenvalue weighted by Crippen LogP contribution is 2.45. The number of halogens is 1. The molecule has 28 heavy (non-hydrogen) atoms. The van der Waals surface area contributed by atoms with Gasteiger partial charge in [0.2, 0.25) is 5.91 Å². The second-order valence-electron chi connectivity index (χ2n) is 6.56. The van der Waals surface area contributed by atoms with E-state index in [9.17, 15) is 14.4 Å². The molecular weight excluding hydrogens is 377 g/mol. The smallest absolute Gasteiger partial charge is 0.229 e. The normalized spacial score (nSPS) is 19.3. The van der Waals surface area contributed by atoms with Crippen LogP contribution in [0.4, 0.5) is 10.1 Å². The van der Waals surface area contributed by atoms with Gasteiger partial charge in [-0.2, -0.15) is 5.26 Å². The molecule has 2 aromatic carbocycles. The lowest BCUT2D eigenvalue weighted by atomic mass is 9.86. The van der Waals surface area contributed by atoms with Gasteiger partial charge in [0.15, 0.2) is 0 Å². The number of anilines is 1. The lowest BCUT2D eigenvalue weighted by Crippen LogP contribution is -2.47. The lowest BCUT2D eigenvalue weighted by Gasteiger charge is -2.42. The number of para-hydroxylation sites is 2. The van der Waals surface area contributed by atoms with Crippen LogP contribution in [0.2, 0.25) is 0 Å². The molecule has 142 valence electrons. The van der Waals surface area contributed by atoms with Crippen molar-refractivity contribution in [1.82, 2.24) is 4.90 Å². The fourth-order valence-electron chi connectivity index (χ4n) is 3.64. The van der Waals surface area contributed by atoms with Crippen LogP contribution in [-0.2, 0) is 4.79 Å². The summed E-state index contributed by atoms with van der Waals surface area (Å²) in [7, 11) is 1.58. The molecule has 2 heterocycles. The molecule has 0 N–H and O–H groups in total. The first-order valence-corrected chi connectivity index (χ1v) is 9.82. The van der Waals surface area contributed by atoms with Crippen LogP contribution in [0.5, 0.6) is 5.75 Å². The Morgan fingerprint density at radius 1 is 1.21 bits per heavy atom. The van der Waals surface area contributed by atoms with Crippen molar-refractivity contribution in [1.29, 1.82) is 5.26 Å². The van der Waals surface area contributed by atoms with E-state index in [-0.39, 0.29) is 30.7 Å². The standard InChI is InChI=1S/C21H18FN3O2S/c1-27-19-9-5-2-6-14(19)15-10-20(26)25-12-24(13-28-21(25)16(15)11-23)18-8-4-3-7-17(18)22/h2-9,15H,10,12-13H2,1H3/t15-/m1/s1. The quantitative estimate of drug-likeness (QED) is 0.785. The number of hydrogen-bond acceptors (Lipinski definition) is 5. The van der Waals surface area contributed by atoms with E-state index in [0.29, 0.717) is 27.9 Å². The minimum absolute atomic E-state index is 0.0848. The van der Waals surface area contributed by atoms with Crippen LogP contribution in [0.1, 0.15) is 17.9 Å². The molecule has 0 unspecified atom stereocenters. The topological polar surface area (TPSA) is 56.6 Å². The Labute approximate surface area is 167 Å². The summed E-state index contributed by atoms with van der Waals surface area (Å²) in [6, 6.07) is 16.3. The highest BCUT2D eigenvalue weighted by molar-refractivity contribution is 8.03. The number of rotatable bonds is 3. The van der Waals surface area contributed by atoms with Crippen molar-refractivity contribution in [3.05, 3.63) is 70.5 Å². The van der Waals surface area contributed by atoms with Crippen LogP contribution in [-0.4, -0.2) is 30.5 Å². The van der Waals surface area contributed by atoms with Gasteiger partial charge in [-0.15, -0.1) is 0 Å². The van der Waals surface area contributed by atoms with Crippen molar-refractivity contribution >= 4 is 23.4 Å². The number of amides is 1. The Hall–Kier alpha value is -2.98. The largest absolute Gasteiger partial charge is 0.496 e. The second kappa shape index (κ2) is 7.56. The first kappa shape index (κ1) is 18.4. The van der Waals surface area contributed by atoms with Gasteiger partial charge in [0, 0.05) is 17.9 Å². The molecule has 0 aliphatic carbocycles. The maximum atomic E-state index is 14.2. The van der Waals surface area contributed by atoms with Crippen molar-refractivity contribution in [2.24, 2.45) is 0 Å². The van der Waals surface area contributed by atoms with E-state index >= 15 is 0 Å². The van der Waals surface area contributed by atoms with Gasteiger partial charge in [-0.05, 0) is 18.2 Å². The van der Waals surface area contributed by atoms with Crippen LogP contribution < -0.4 is 9.64 Å². The molecule has 0 bridgehead atoms. The molecule has 1 saturated heterocycles. The van der Waals surface area contributed by atoms with E-state index in [4.69, 9.17) is 4.74 Å². The van der Waals surface area contributed by atoms with Gasteiger partial charge >= 0.3 is 0 Å².